The molecule has 1 atom stereocenters. The average molecular weight is 328 g/mol. The number of benzene rings is 1. The van der Waals surface area contributed by atoms with Crippen molar-refractivity contribution in [2.24, 2.45) is 5.92 Å². The Morgan fingerprint density at radius 3 is 2.81 bits per heavy atom. The fourth-order valence-corrected chi connectivity index (χ4v) is 2.65. The highest BCUT2D eigenvalue weighted by molar-refractivity contribution is 6.34. The Bertz CT molecular complexity index is 586. The van der Waals surface area contributed by atoms with Crippen molar-refractivity contribution in [1.29, 1.82) is 0 Å². The lowest BCUT2D eigenvalue weighted by Crippen LogP contribution is -2.41. The maximum absolute atomic E-state index is 12.1. The first kappa shape index (κ1) is 15.9. The Hall–Kier alpha value is -1.52. The summed E-state index contributed by atoms with van der Waals surface area (Å²) < 4.78 is 0. The van der Waals surface area contributed by atoms with E-state index in [1.54, 1.807) is 29.2 Å². The Morgan fingerprint density at radius 1 is 1.33 bits per heavy atom. The highest BCUT2D eigenvalue weighted by Gasteiger charge is 2.27. The van der Waals surface area contributed by atoms with Gasteiger partial charge in [-0.3, -0.25) is 9.59 Å². The zero-order valence-electron chi connectivity index (χ0n) is 11.3. The van der Waals surface area contributed by atoms with Crippen LogP contribution in [0.1, 0.15) is 18.4 Å². The second kappa shape index (κ2) is 6.96. The van der Waals surface area contributed by atoms with Crippen LogP contribution in [-0.2, 0) is 9.59 Å². The van der Waals surface area contributed by atoms with Gasteiger partial charge in [0.2, 0.25) is 5.91 Å². The van der Waals surface area contributed by atoms with Gasteiger partial charge in [0.1, 0.15) is 0 Å². The van der Waals surface area contributed by atoms with E-state index in [1.807, 2.05) is 0 Å². The monoisotopic (exact) mass is 327 g/mol. The minimum atomic E-state index is -0.852. The molecule has 0 spiro atoms. The van der Waals surface area contributed by atoms with Gasteiger partial charge < -0.3 is 10.0 Å². The lowest BCUT2D eigenvalue weighted by molar-refractivity contribution is -0.144. The fraction of sp³-hybridized carbons (Fsp3) is 0.333. The second-order valence-electron chi connectivity index (χ2n) is 4.96. The van der Waals surface area contributed by atoms with Crippen LogP contribution < -0.4 is 0 Å². The molecule has 1 aliphatic rings. The molecule has 0 bridgehead atoms. The molecule has 1 unspecified atom stereocenters. The maximum Gasteiger partial charge on any atom is 0.308 e. The van der Waals surface area contributed by atoms with E-state index in [-0.39, 0.29) is 12.5 Å². The van der Waals surface area contributed by atoms with Crippen molar-refractivity contribution < 1.29 is 14.7 Å². The Kier molecular flexibility index (Phi) is 5.26. The van der Waals surface area contributed by atoms with Gasteiger partial charge in [-0.05, 0) is 42.7 Å². The fourth-order valence-electron chi connectivity index (χ4n) is 2.29. The number of hydrogen-bond donors (Lipinski definition) is 1. The summed E-state index contributed by atoms with van der Waals surface area (Å²) >= 11 is 11.9. The summed E-state index contributed by atoms with van der Waals surface area (Å²) in [4.78, 5) is 24.7. The van der Waals surface area contributed by atoms with Gasteiger partial charge in [0.05, 0.1) is 5.92 Å². The summed E-state index contributed by atoms with van der Waals surface area (Å²) in [5, 5.41) is 10.1. The quantitative estimate of drug-likeness (QED) is 0.866. The highest BCUT2D eigenvalue weighted by atomic mass is 35.5. The van der Waals surface area contributed by atoms with Crippen molar-refractivity contribution in [2.45, 2.75) is 12.8 Å². The molecule has 1 heterocycles. The van der Waals surface area contributed by atoms with Gasteiger partial charge in [-0.2, -0.15) is 0 Å². The zero-order chi connectivity index (χ0) is 15.4. The van der Waals surface area contributed by atoms with Crippen molar-refractivity contribution in [1.82, 2.24) is 4.90 Å². The number of rotatable bonds is 3. The van der Waals surface area contributed by atoms with E-state index in [0.29, 0.717) is 35.0 Å². The van der Waals surface area contributed by atoms with Gasteiger partial charge in [0, 0.05) is 29.2 Å². The molecule has 1 amide bonds. The molecular formula is C15H15Cl2NO3. The number of carbonyl (C=O) groups is 2. The summed E-state index contributed by atoms with van der Waals surface area (Å²) in [5.74, 6) is -1.54. The minimum absolute atomic E-state index is 0.211. The number of aliphatic carboxylic acids is 1. The molecular weight excluding hydrogens is 313 g/mol. The maximum atomic E-state index is 12.1. The predicted molar refractivity (Wildman–Crippen MR) is 82.4 cm³/mol. The average Bonchev–Trinajstić information content (AvgIpc) is 2.48. The molecule has 112 valence electrons. The summed E-state index contributed by atoms with van der Waals surface area (Å²) in [5.41, 5.74) is 0.657. The molecule has 1 aliphatic heterocycles. The number of amides is 1. The second-order valence-corrected chi connectivity index (χ2v) is 5.80. The molecule has 21 heavy (non-hydrogen) atoms. The number of piperidine rings is 1. The first-order valence-corrected chi connectivity index (χ1v) is 7.38. The summed E-state index contributed by atoms with van der Waals surface area (Å²) in [7, 11) is 0. The minimum Gasteiger partial charge on any atom is -0.481 e. The van der Waals surface area contributed by atoms with E-state index >= 15 is 0 Å². The van der Waals surface area contributed by atoms with Gasteiger partial charge >= 0.3 is 5.97 Å². The third-order valence-electron chi connectivity index (χ3n) is 3.45. The van der Waals surface area contributed by atoms with Gasteiger partial charge in [0.25, 0.3) is 0 Å². The SMILES string of the molecule is O=C(O)C1CCCN(C(=O)/C=C/c2cc(Cl)ccc2Cl)C1. The van der Waals surface area contributed by atoms with E-state index in [9.17, 15) is 9.59 Å². The molecule has 4 nitrogen and oxygen atoms in total. The molecule has 0 aliphatic carbocycles. The lowest BCUT2D eigenvalue weighted by Gasteiger charge is -2.29. The molecule has 6 heteroatoms. The van der Waals surface area contributed by atoms with Crippen LogP contribution in [0.2, 0.25) is 10.0 Å². The molecule has 1 N–H and O–H groups in total. The van der Waals surface area contributed by atoms with Crippen molar-refractivity contribution in [2.75, 3.05) is 13.1 Å². The van der Waals surface area contributed by atoms with Crippen LogP contribution >= 0.6 is 23.2 Å². The van der Waals surface area contributed by atoms with Crippen LogP contribution in [0.5, 0.6) is 0 Å². The molecule has 1 saturated heterocycles. The number of carbonyl (C=O) groups excluding carboxylic acids is 1. The summed E-state index contributed by atoms with van der Waals surface area (Å²) in [6, 6.07) is 5.00. The smallest absolute Gasteiger partial charge is 0.308 e. The molecule has 0 radical (unpaired) electrons. The third-order valence-corrected chi connectivity index (χ3v) is 4.03. The molecule has 1 fully saturated rings. The molecule has 0 saturated carbocycles. The van der Waals surface area contributed by atoms with Crippen molar-refractivity contribution in [3.63, 3.8) is 0 Å². The van der Waals surface area contributed by atoms with Crippen LogP contribution in [-0.4, -0.2) is 35.0 Å². The molecule has 0 aromatic heterocycles. The first-order valence-electron chi connectivity index (χ1n) is 6.62. The van der Waals surface area contributed by atoms with Crippen molar-refractivity contribution >= 4 is 41.2 Å². The molecule has 1 aromatic rings. The lowest BCUT2D eigenvalue weighted by atomic mass is 9.98. The van der Waals surface area contributed by atoms with Crippen LogP contribution in [0.4, 0.5) is 0 Å². The number of likely N-dealkylation sites (tertiary alicyclic amines) is 1. The first-order chi connectivity index (χ1) is 9.97. The predicted octanol–water partition coefficient (Wildman–Crippen LogP) is 3.33. The van der Waals surface area contributed by atoms with Gasteiger partial charge in [-0.25, -0.2) is 0 Å². The Balaban J connectivity index is 2.05. The summed E-state index contributed by atoms with van der Waals surface area (Å²) in [6.07, 6.45) is 4.32. The summed E-state index contributed by atoms with van der Waals surface area (Å²) in [6.45, 7) is 0.831. The Morgan fingerprint density at radius 2 is 2.10 bits per heavy atom. The van der Waals surface area contributed by atoms with Crippen LogP contribution in [0, 0.1) is 5.92 Å². The molecule has 2 rings (SSSR count). The largest absolute Gasteiger partial charge is 0.481 e. The number of nitrogens with zero attached hydrogens (tertiary/aromatic N) is 1. The van der Waals surface area contributed by atoms with Gasteiger partial charge in [0.15, 0.2) is 0 Å². The number of hydrogen-bond acceptors (Lipinski definition) is 2. The normalized spacial score (nSPS) is 19.0. The highest BCUT2D eigenvalue weighted by Crippen LogP contribution is 2.22. The van der Waals surface area contributed by atoms with Crippen molar-refractivity contribution in [3.8, 4) is 0 Å². The standard InChI is InChI=1S/C15H15Cl2NO3/c16-12-4-5-13(17)10(8-12)3-6-14(19)18-7-1-2-11(9-18)15(20)21/h3-6,8,11H,1-2,7,9H2,(H,20,21)/b6-3+. The van der Waals surface area contributed by atoms with E-state index in [1.165, 1.54) is 6.08 Å². The van der Waals surface area contributed by atoms with E-state index in [2.05, 4.69) is 0 Å². The zero-order valence-corrected chi connectivity index (χ0v) is 12.8. The van der Waals surface area contributed by atoms with Crippen LogP contribution in [0.3, 0.4) is 0 Å². The van der Waals surface area contributed by atoms with Crippen LogP contribution in [0.15, 0.2) is 24.3 Å². The number of carboxylic acids is 1. The van der Waals surface area contributed by atoms with Gasteiger partial charge in [-0.15, -0.1) is 0 Å². The molecule has 1 aromatic carbocycles. The van der Waals surface area contributed by atoms with Gasteiger partial charge in [-0.1, -0.05) is 23.2 Å². The van der Waals surface area contributed by atoms with Crippen LogP contribution in [0.25, 0.3) is 6.08 Å². The van der Waals surface area contributed by atoms with E-state index in [0.717, 1.165) is 0 Å². The van der Waals surface area contributed by atoms with E-state index in [4.69, 9.17) is 28.3 Å². The topological polar surface area (TPSA) is 57.6 Å². The van der Waals surface area contributed by atoms with E-state index < -0.39 is 11.9 Å². The van der Waals surface area contributed by atoms with Crippen molar-refractivity contribution in [3.05, 3.63) is 39.9 Å². The number of halogens is 2. The third kappa shape index (κ3) is 4.22. The number of carboxylic acid groups (broad SMARTS) is 1. The Labute approximate surface area is 133 Å².